The van der Waals surface area contributed by atoms with Gasteiger partial charge in [0.1, 0.15) is 27.9 Å². The van der Waals surface area contributed by atoms with Crippen LogP contribution in [-0.2, 0) is 9.84 Å². The van der Waals surface area contributed by atoms with Crippen LogP contribution in [0, 0.1) is 25.2 Å². The third-order valence-electron chi connectivity index (χ3n) is 5.07. The van der Waals surface area contributed by atoms with Gasteiger partial charge >= 0.3 is 0 Å². The van der Waals surface area contributed by atoms with Gasteiger partial charge in [-0.25, -0.2) is 8.42 Å². The zero-order valence-corrected chi connectivity index (χ0v) is 19.8. The first-order chi connectivity index (χ1) is 16.2. The van der Waals surface area contributed by atoms with Crippen LogP contribution in [0.15, 0.2) is 81.5 Å². The number of sulfone groups is 1. The maximum atomic E-state index is 13.3. The van der Waals surface area contributed by atoms with E-state index in [-0.39, 0.29) is 16.3 Å². The van der Waals surface area contributed by atoms with Crippen molar-refractivity contribution in [2.75, 3.05) is 0 Å². The molecule has 0 fully saturated rings. The molecule has 0 bridgehead atoms. The average Bonchev–Trinajstić information content (AvgIpc) is 2.81. The first-order valence-electron chi connectivity index (χ1n) is 10.1. The highest BCUT2D eigenvalue weighted by molar-refractivity contribution is 7.95. The van der Waals surface area contributed by atoms with Crippen molar-refractivity contribution < 1.29 is 13.2 Å². The van der Waals surface area contributed by atoms with Crippen LogP contribution in [0.1, 0.15) is 16.7 Å². The molecule has 34 heavy (non-hydrogen) atoms. The third-order valence-corrected chi connectivity index (χ3v) is 7.00. The van der Waals surface area contributed by atoms with Crippen molar-refractivity contribution >= 4 is 33.2 Å². The summed E-state index contributed by atoms with van der Waals surface area (Å²) in [6.07, 6.45) is 2.50. The molecule has 7 nitrogen and oxygen atoms in total. The van der Waals surface area contributed by atoms with Crippen LogP contribution in [0.3, 0.4) is 0 Å². The molecule has 0 spiro atoms. The van der Waals surface area contributed by atoms with Crippen LogP contribution in [0.4, 0.5) is 0 Å². The highest BCUT2D eigenvalue weighted by atomic mass is 35.5. The molecule has 0 aliphatic carbocycles. The number of allylic oxidation sites excluding steroid dienone is 1. The molecule has 4 rings (SSSR count). The topological polar surface area (TPSA) is 102 Å². The maximum Gasteiger partial charge on any atom is 0.269 e. The Kier molecular flexibility index (Phi) is 6.24. The Labute approximate surface area is 201 Å². The van der Waals surface area contributed by atoms with Gasteiger partial charge in [-0.05, 0) is 68.0 Å². The normalized spacial score (nSPS) is 11.9. The average molecular weight is 492 g/mol. The molecule has 0 radical (unpaired) electrons. The van der Waals surface area contributed by atoms with E-state index in [4.69, 9.17) is 16.3 Å². The number of aromatic nitrogens is 2. The second kappa shape index (κ2) is 9.14. The molecule has 2 aromatic heterocycles. The Balaban J connectivity index is 1.94. The third kappa shape index (κ3) is 4.44. The minimum atomic E-state index is -4.23. The lowest BCUT2D eigenvalue weighted by Gasteiger charge is -2.12. The molecule has 0 saturated carbocycles. The highest BCUT2D eigenvalue weighted by Gasteiger charge is 2.24. The van der Waals surface area contributed by atoms with Crippen LogP contribution in [-0.4, -0.2) is 17.8 Å². The van der Waals surface area contributed by atoms with Crippen molar-refractivity contribution in [3.8, 4) is 17.7 Å². The van der Waals surface area contributed by atoms with E-state index in [9.17, 15) is 18.5 Å². The summed E-state index contributed by atoms with van der Waals surface area (Å²) in [5.41, 5.74) is 1.39. The number of hydrogen-bond acceptors (Lipinski definition) is 6. The molecule has 2 heterocycles. The van der Waals surface area contributed by atoms with E-state index in [1.165, 1.54) is 34.9 Å². The number of nitriles is 1. The van der Waals surface area contributed by atoms with Gasteiger partial charge < -0.3 is 4.74 Å². The Hall–Kier alpha value is -3.93. The monoisotopic (exact) mass is 491 g/mol. The number of nitrogens with zero attached hydrogens (tertiary/aromatic N) is 3. The van der Waals surface area contributed by atoms with Gasteiger partial charge in [0.05, 0.1) is 4.90 Å². The van der Waals surface area contributed by atoms with Crippen molar-refractivity contribution in [1.29, 1.82) is 5.26 Å². The van der Waals surface area contributed by atoms with Crippen molar-refractivity contribution in [2.24, 2.45) is 0 Å². The minimum absolute atomic E-state index is 0.109. The number of pyridine rings is 1. The first-order valence-corrected chi connectivity index (χ1v) is 12.0. The fourth-order valence-corrected chi connectivity index (χ4v) is 4.61. The zero-order valence-electron chi connectivity index (χ0n) is 18.2. The molecule has 0 amide bonds. The lowest BCUT2D eigenvalue weighted by Crippen LogP contribution is -2.19. The van der Waals surface area contributed by atoms with Crippen molar-refractivity contribution in [1.82, 2.24) is 9.38 Å². The predicted octanol–water partition coefficient (Wildman–Crippen LogP) is 5.10. The highest BCUT2D eigenvalue weighted by Crippen LogP contribution is 2.29. The van der Waals surface area contributed by atoms with Crippen LogP contribution in [0.2, 0.25) is 5.02 Å². The molecule has 170 valence electrons. The van der Waals surface area contributed by atoms with E-state index in [1.54, 1.807) is 30.3 Å². The van der Waals surface area contributed by atoms with Crippen LogP contribution >= 0.6 is 11.6 Å². The summed E-state index contributed by atoms with van der Waals surface area (Å²) in [4.78, 5) is 17.0. The number of rotatable bonds is 5. The van der Waals surface area contributed by atoms with Crippen molar-refractivity contribution in [2.45, 2.75) is 18.7 Å². The van der Waals surface area contributed by atoms with E-state index >= 15 is 0 Å². The summed E-state index contributed by atoms with van der Waals surface area (Å²) in [7, 11) is -4.23. The smallest absolute Gasteiger partial charge is 0.269 e. The lowest BCUT2D eigenvalue weighted by molar-refractivity contribution is 0.457. The summed E-state index contributed by atoms with van der Waals surface area (Å²) >= 11 is 5.86. The molecule has 4 aromatic rings. The van der Waals surface area contributed by atoms with E-state index in [0.717, 1.165) is 17.2 Å². The van der Waals surface area contributed by atoms with Gasteiger partial charge in [0.2, 0.25) is 15.7 Å². The first kappa shape index (κ1) is 23.2. The van der Waals surface area contributed by atoms with Gasteiger partial charge in [-0.2, -0.15) is 10.2 Å². The standard InChI is InChI=1S/C25H18ClN3O4S/c1-16-6-11-22(17(2)13-16)33-24-21(25(30)29-12-4-3-5-23(29)28-24)14-20(15-27)34(31,32)19-9-7-18(26)8-10-19/h3-14H,1-2H3/b20-14+. The van der Waals surface area contributed by atoms with Gasteiger partial charge in [0, 0.05) is 11.2 Å². The molecule has 9 heteroatoms. The van der Waals surface area contributed by atoms with E-state index < -0.39 is 20.3 Å². The van der Waals surface area contributed by atoms with Crippen LogP contribution < -0.4 is 10.3 Å². The molecule has 2 aromatic carbocycles. The number of halogens is 1. The predicted molar refractivity (Wildman–Crippen MR) is 130 cm³/mol. The molecule has 0 N–H and O–H groups in total. The molecule has 0 saturated heterocycles. The molecule has 0 atom stereocenters. The van der Waals surface area contributed by atoms with Crippen molar-refractivity contribution in [3.05, 3.63) is 104 Å². The van der Waals surface area contributed by atoms with Crippen LogP contribution in [0.5, 0.6) is 11.6 Å². The minimum Gasteiger partial charge on any atom is -0.438 e. The Bertz CT molecular complexity index is 1650. The molecule has 0 aliphatic rings. The molecule has 0 aliphatic heterocycles. The quantitative estimate of drug-likeness (QED) is 0.360. The van der Waals surface area contributed by atoms with E-state index in [1.807, 2.05) is 26.0 Å². The summed E-state index contributed by atoms with van der Waals surface area (Å²) in [5, 5.41) is 10.1. The second-order valence-electron chi connectivity index (χ2n) is 7.51. The summed E-state index contributed by atoms with van der Waals surface area (Å²) in [6, 6.07) is 17.6. The number of benzene rings is 2. The van der Waals surface area contributed by atoms with E-state index in [0.29, 0.717) is 16.4 Å². The maximum absolute atomic E-state index is 13.3. The second-order valence-corrected chi connectivity index (χ2v) is 9.87. The van der Waals surface area contributed by atoms with Gasteiger partial charge in [-0.1, -0.05) is 35.4 Å². The number of fused-ring (bicyclic) bond motifs is 1. The van der Waals surface area contributed by atoms with Crippen LogP contribution in [0.25, 0.3) is 11.7 Å². The molecular formula is C25H18ClN3O4S. The fraction of sp³-hybridized carbons (Fsp3) is 0.0800. The fourth-order valence-electron chi connectivity index (χ4n) is 3.34. The lowest BCUT2D eigenvalue weighted by atomic mass is 10.1. The zero-order chi connectivity index (χ0) is 24.5. The number of aryl methyl sites for hydroxylation is 2. The number of hydrogen-bond donors (Lipinski definition) is 0. The summed E-state index contributed by atoms with van der Waals surface area (Å²) in [6.45, 7) is 3.78. The molecular weight excluding hydrogens is 474 g/mol. The van der Waals surface area contributed by atoms with Gasteiger partial charge in [0.25, 0.3) is 5.56 Å². The largest absolute Gasteiger partial charge is 0.438 e. The summed E-state index contributed by atoms with van der Waals surface area (Å²) < 4.78 is 33.5. The molecule has 0 unspecified atom stereocenters. The van der Waals surface area contributed by atoms with E-state index in [2.05, 4.69) is 4.98 Å². The Morgan fingerprint density at radius 2 is 1.85 bits per heavy atom. The van der Waals surface area contributed by atoms with Gasteiger partial charge in [0.15, 0.2) is 0 Å². The summed E-state index contributed by atoms with van der Waals surface area (Å²) in [5.74, 6) is 0.341. The van der Waals surface area contributed by atoms with Gasteiger partial charge in [-0.15, -0.1) is 0 Å². The Morgan fingerprint density at radius 3 is 2.53 bits per heavy atom. The van der Waals surface area contributed by atoms with Gasteiger partial charge in [-0.3, -0.25) is 9.20 Å². The SMILES string of the molecule is Cc1ccc(Oc2nc3ccccn3c(=O)c2/C=C(\C#N)S(=O)(=O)c2ccc(Cl)cc2)c(C)c1. The Morgan fingerprint density at radius 1 is 1.12 bits per heavy atom. The van der Waals surface area contributed by atoms with Crippen molar-refractivity contribution in [3.63, 3.8) is 0 Å². The number of ether oxygens (including phenoxy) is 1.